The third-order valence-corrected chi connectivity index (χ3v) is 4.71. The molecule has 3 rings (SSSR count). The van der Waals surface area contributed by atoms with Crippen LogP contribution in [0.5, 0.6) is 0 Å². The number of piperidine rings is 2. The molecule has 1 N–H and O–H groups in total. The molecule has 0 unspecified atom stereocenters. The van der Waals surface area contributed by atoms with E-state index in [-0.39, 0.29) is 6.61 Å². The van der Waals surface area contributed by atoms with Crippen LogP contribution in [0, 0.1) is 0 Å². The summed E-state index contributed by atoms with van der Waals surface area (Å²) >= 11 is 0. The van der Waals surface area contributed by atoms with Gasteiger partial charge in [0.25, 0.3) is 0 Å². The highest BCUT2D eigenvalue weighted by Gasteiger charge is 2.26. The van der Waals surface area contributed by atoms with Crippen molar-refractivity contribution in [3.63, 3.8) is 0 Å². The van der Waals surface area contributed by atoms with Gasteiger partial charge >= 0.3 is 0 Å². The molecule has 2 fully saturated rings. The Morgan fingerprint density at radius 1 is 1.10 bits per heavy atom. The first-order valence-electron chi connectivity index (χ1n) is 7.92. The standard InChI is InChI=1S/C16H25N3O/c20-13-14-5-4-8-17-16(14)19-11-6-15(7-12-19)18-9-2-1-3-10-18/h4-5,8,15,20H,1-3,6-7,9-13H2. The molecule has 0 bridgehead atoms. The predicted molar refractivity (Wildman–Crippen MR) is 80.8 cm³/mol. The van der Waals surface area contributed by atoms with E-state index in [1.54, 1.807) is 0 Å². The molecule has 110 valence electrons. The summed E-state index contributed by atoms with van der Waals surface area (Å²) in [5.74, 6) is 0.979. The van der Waals surface area contributed by atoms with E-state index >= 15 is 0 Å². The summed E-state index contributed by atoms with van der Waals surface area (Å²) < 4.78 is 0. The highest BCUT2D eigenvalue weighted by Crippen LogP contribution is 2.25. The normalized spacial score (nSPS) is 22.1. The minimum absolute atomic E-state index is 0.0786. The highest BCUT2D eigenvalue weighted by molar-refractivity contribution is 5.46. The fourth-order valence-electron chi connectivity index (χ4n) is 3.56. The summed E-state index contributed by atoms with van der Waals surface area (Å²) in [6.07, 6.45) is 8.42. The Morgan fingerprint density at radius 3 is 2.55 bits per heavy atom. The highest BCUT2D eigenvalue weighted by atomic mass is 16.3. The number of likely N-dealkylation sites (tertiary alicyclic amines) is 1. The molecule has 0 radical (unpaired) electrons. The zero-order valence-corrected chi connectivity index (χ0v) is 12.2. The topological polar surface area (TPSA) is 39.6 Å². The monoisotopic (exact) mass is 275 g/mol. The molecule has 1 aromatic rings. The summed E-state index contributed by atoms with van der Waals surface area (Å²) in [5.41, 5.74) is 0.948. The molecule has 1 aromatic heterocycles. The SMILES string of the molecule is OCc1cccnc1N1CCC(N2CCCCC2)CC1. The second-order valence-corrected chi connectivity index (χ2v) is 5.96. The van der Waals surface area contributed by atoms with Gasteiger partial charge in [-0.1, -0.05) is 12.5 Å². The minimum atomic E-state index is 0.0786. The Balaban J connectivity index is 1.60. The van der Waals surface area contributed by atoms with Crippen molar-refractivity contribution in [1.29, 1.82) is 0 Å². The first kappa shape index (κ1) is 13.8. The van der Waals surface area contributed by atoms with Crippen LogP contribution in [0.1, 0.15) is 37.7 Å². The van der Waals surface area contributed by atoms with Crippen LogP contribution in [0.15, 0.2) is 18.3 Å². The van der Waals surface area contributed by atoms with E-state index in [1.807, 2.05) is 18.3 Å². The molecule has 0 amide bonds. The zero-order valence-electron chi connectivity index (χ0n) is 12.2. The molecular formula is C16H25N3O. The lowest BCUT2D eigenvalue weighted by molar-refractivity contribution is 0.141. The van der Waals surface area contributed by atoms with Gasteiger partial charge < -0.3 is 14.9 Å². The van der Waals surface area contributed by atoms with Crippen LogP contribution in [0.3, 0.4) is 0 Å². The lowest BCUT2D eigenvalue weighted by atomic mass is 9.99. The molecule has 3 heterocycles. The number of hydrogen-bond acceptors (Lipinski definition) is 4. The van der Waals surface area contributed by atoms with Gasteiger partial charge in [0.05, 0.1) is 6.61 Å². The molecule has 2 saturated heterocycles. The number of nitrogens with zero attached hydrogens (tertiary/aromatic N) is 3. The van der Waals surface area contributed by atoms with Crippen molar-refractivity contribution in [1.82, 2.24) is 9.88 Å². The van der Waals surface area contributed by atoms with E-state index in [4.69, 9.17) is 0 Å². The van der Waals surface area contributed by atoms with Gasteiger partial charge in [-0.2, -0.15) is 0 Å². The quantitative estimate of drug-likeness (QED) is 0.916. The van der Waals surface area contributed by atoms with Gasteiger partial charge in [-0.25, -0.2) is 4.98 Å². The van der Waals surface area contributed by atoms with Gasteiger partial charge in [0.1, 0.15) is 5.82 Å². The zero-order chi connectivity index (χ0) is 13.8. The van der Waals surface area contributed by atoms with E-state index in [9.17, 15) is 5.11 Å². The Bertz CT molecular complexity index is 423. The van der Waals surface area contributed by atoms with Crippen molar-refractivity contribution < 1.29 is 5.11 Å². The third-order valence-electron chi connectivity index (χ3n) is 4.71. The van der Waals surface area contributed by atoms with Crippen LogP contribution >= 0.6 is 0 Å². The fraction of sp³-hybridized carbons (Fsp3) is 0.688. The molecule has 0 aromatic carbocycles. The van der Waals surface area contributed by atoms with Crippen LogP contribution in [-0.2, 0) is 6.61 Å². The van der Waals surface area contributed by atoms with Crippen molar-refractivity contribution in [2.75, 3.05) is 31.1 Å². The maximum Gasteiger partial charge on any atom is 0.134 e. The molecule has 0 saturated carbocycles. The molecule has 0 atom stereocenters. The van der Waals surface area contributed by atoms with Crippen LogP contribution in [0.25, 0.3) is 0 Å². The summed E-state index contributed by atoms with van der Waals surface area (Å²) in [5, 5.41) is 9.43. The summed E-state index contributed by atoms with van der Waals surface area (Å²) in [7, 11) is 0. The van der Waals surface area contributed by atoms with Crippen molar-refractivity contribution in [3.8, 4) is 0 Å². The molecule has 0 spiro atoms. The number of aromatic nitrogens is 1. The van der Waals surface area contributed by atoms with Crippen molar-refractivity contribution in [2.24, 2.45) is 0 Å². The second kappa shape index (κ2) is 6.55. The third kappa shape index (κ3) is 2.96. The van der Waals surface area contributed by atoms with E-state index in [0.29, 0.717) is 0 Å². The van der Waals surface area contributed by atoms with Gasteiger partial charge in [0, 0.05) is 30.9 Å². The first-order chi connectivity index (χ1) is 9.88. The van der Waals surface area contributed by atoms with Gasteiger partial charge in [0.2, 0.25) is 0 Å². The van der Waals surface area contributed by atoms with Crippen molar-refractivity contribution in [3.05, 3.63) is 23.9 Å². The number of pyridine rings is 1. The van der Waals surface area contributed by atoms with Crippen LogP contribution in [-0.4, -0.2) is 47.2 Å². The maximum absolute atomic E-state index is 9.43. The lowest BCUT2D eigenvalue weighted by Crippen LogP contribution is -2.47. The van der Waals surface area contributed by atoms with E-state index in [0.717, 1.165) is 30.5 Å². The van der Waals surface area contributed by atoms with Crippen LogP contribution in [0.4, 0.5) is 5.82 Å². The molecule has 4 heteroatoms. The maximum atomic E-state index is 9.43. The number of anilines is 1. The van der Waals surface area contributed by atoms with Crippen molar-refractivity contribution in [2.45, 2.75) is 44.8 Å². The van der Waals surface area contributed by atoms with Gasteiger partial charge in [0.15, 0.2) is 0 Å². The first-order valence-corrected chi connectivity index (χ1v) is 7.92. The summed E-state index contributed by atoms with van der Waals surface area (Å²) in [6.45, 7) is 4.78. The molecular weight excluding hydrogens is 250 g/mol. The Morgan fingerprint density at radius 2 is 1.85 bits per heavy atom. The largest absolute Gasteiger partial charge is 0.392 e. The molecule has 20 heavy (non-hydrogen) atoms. The molecule has 2 aliphatic heterocycles. The molecule has 0 aliphatic carbocycles. The Hall–Kier alpha value is -1.13. The van der Waals surface area contributed by atoms with Crippen LogP contribution in [0.2, 0.25) is 0 Å². The smallest absolute Gasteiger partial charge is 0.134 e. The number of aliphatic hydroxyl groups is 1. The van der Waals surface area contributed by atoms with Gasteiger partial charge in [-0.15, -0.1) is 0 Å². The minimum Gasteiger partial charge on any atom is -0.392 e. The van der Waals surface area contributed by atoms with Gasteiger partial charge in [-0.3, -0.25) is 0 Å². The fourth-order valence-corrected chi connectivity index (χ4v) is 3.56. The average molecular weight is 275 g/mol. The molecule has 2 aliphatic rings. The predicted octanol–water partition coefficient (Wildman–Crippen LogP) is 2.03. The number of hydrogen-bond donors (Lipinski definition) is 1. The number of rotatable bonds is 3. The van der Waals surface area contributed by atoms with Crippen molar-refractivity contribution >= 4 is 5.82 Å². The second-order valence-electron chi connectivity index (χ2n) is 5.96. The van der Waals surface area contributed by atoms with Crippen LogP contribution < -0.4 is 4.90 Å². The van der Waals surface area contributed by atoms with E-state index in [2.05, 4.69) is 14.8 Å². The number of aliphatic hydroxyl groups excluding tert-OH is 1. The van der Waals surface area contributed by atoms with E-state index in [1.165, 1.54) is 45.2 Å². The van der Waals surface area contributed by atoms with E-state index < -0.39 is 0 Å². The summed E-state index contributed by atoms with van der Waals surface area (Å²) in [6, 6.07) is 4.63. The average Bonchev–Trinajstić information content (AvgIpc) is 2.56. The summed E-state index contributed by atoms with van der Waals surface area (Å²) in [4.78, 5) is 9.49. The Kier molecular flexibility index (Phi) is 4.53. The Labute approximate surface area is 121 Å². The lowest BCUT2D eigenvalue weighted by Gasteiger charge is -2.40. The molecule has 4 nitrogen and oxygen atoms in total. The van der Waals surface area contributed by atoms with Gasteiger partial charge in [-0.05, 0) is 44.8 Å².